The number of fused-ring (bicyclic) bond motifs is 1. The van der Waals surface area contributed by atoms with E-state index in [0.29, 0.717) is 28.1 Å². The number of hydrogen-bond donors (Lipinski definition) is 1. The Bertz CT molecular complexity index is 1040. The van der Waals surface area contributed by atoms with Gasteiger partial charge in [-0.15, -0.1) is 10.2 Å². The monoisotopic (exact) mass is 337 g/mol. The van der Waals surface area contributed by atoms with Crippen LogP contribution in [0.2, 0.25) is 0 Å². The van der Waals surface area contributed by atoms with Gasteiger partial charge in [-0.3, -0.25) is 9.78 Å². The SMILES string of the molecule is O=c1[nH]c2ccccc2nc1CSc1nnc(-c2cccnc2)o1. The van der Waals surface area contributed by atoms with Gasteiger partial charge in [0.2, 0.25) is 5.89 Å². The van der Waals surface area contributed by atoms with E-state index in [1.165, 1.54) is 11.8 Å². The molecule has 3 heterocycles. The lowest BCUT2D eigenvalue weighted by Crippen LogP contribution is -2.14. The van der Waals surface area contributed by atoms with Crippen LogP contribution in [0.25, 0.3) is 22.5 Å². The highest BCUT2D eigenvalue weighted by Crippen LogP contribution is 2.24. The maximum atomic E-state index is 12.1. The van der Waals surface area contributed by atoms with E-state index in [1.807, 2.05) is 30.3 Å². The van der Waals surface area contributed by atoms with Crippen molar-refractivity contribution in [2.24, 2.45) is 0 Å². The van der Waals surface area contributed by atoms with E-state index in [4.69, 9.17) is 4.42 Å². The molecule has 24 heavy (non-hydrogen) atoms. The summed E-state index contributed by atoms with van der Waals surface area (Å²) in [4.78, 5) is 23.3. The minimum absolute atomic E-state index is 0.215. The van der Waals surface area contributed by atoms with Crippen molar-refractivity contribution in [3.63, 3.8) is 0 Å². The van der Waals surface area contributed by atoms with Gasteiger partial charge in [-0.05, 0) is 24.3 Å². The summed E-state index contributed by atoms with van der Waals surface area (Å²) in [5.74, 6) is 0.737. The van der Waals surface area contributed by atoms with Gasteiger partial charge in [0.15, 0.2) is 0 Å². The lowest BCUT2D eigenvalue weighted by Gasteiger charge is -2.00. The fourth-order valence-corrected chi connectivity index (χ4v) is 2.86. The molecular formula is C16H11N5O2S. The number of para-hydroxylation sites is 2. The van der Waals surface area contributed by atoms with Crippen LogP contribution in [-0.4, -0.2) is 25.1 Å². The zero-order valence-electron chi connectivity index (χ0n) is 12.3. The molecule has 1 aromatic carbocycles. The molecule has 7 nitrogen and oxygen atoms in total. The minimum atomic E-state index is -0.215. The first-order valence-corrected chi connectivity index (χ1v) is 8.13. The predicted molar refractivity (Wildman–Crippen MR) is 89.5 cm³/mol. The van der Waals surface area contributed by atoms with Crippen LogP contribution in [0.15, 0.2) is 63.2 Å². The second-order valence-electron chi connectivity index (χ2n) is 4.93. The molecule has 0 saturated heterocycles. The molecule has 0 amide bonds. The Morgan fingerprint density at radius 2 is 2.04 bits per heavy atom. The molecule has 4 aromatic rings. The van der Waals surface area contributed by atoms with Crippen molar-refractivity contribution < 1.29 is 4.42 Å². The van der Waals surface area contributed by atoms with Crippen molar-refractivity contribution >= 4 is 22.8 Å². The van der Waals surface area contributed by atoms with Crippen molar-refractivity contribution in [1.29, 1.82) is 0 Å². The molecule has 3 aromatic heterocycles. The van der Waals surface area contributed by atoms with Crippen LogP contribution in [-0.2, 0) is 5.75 Å². The standard InChI is InChI=1S/C16H11N5O2S/c22-14-13(18-11-5-1-2-6-12(11)19-14)9-24-16-21-20-15(23-16)10-4-3-7-17-8-10/h1-8H,9H2,(H,19,22). The summed E-state index contributed by atoms with van der Waals surface area (Å²) in [6.45, 7) is 0. The van der Waals surface area contributed by atoms with Crippen LogP contribution in [0.1, 0.15) is 5.69 Å². The third kappa shape index (κ3) is 2.91. The molecular weight excluding hydrogens is 326 g/mol. The molecule has 0 aliphatic carbocycles. The lowest BCUT2D eigenvalue weighted by atomic mass is 10.3. The average molecular weight is 337 g/mol. The van der Waals surface area contributed by atoms with Crippen molar-refractivity contribution in [2.75, 3.05) is 0 Å². The molecule has 0 radical (unpaired) electrons. The molecule has 0 bridgehead atoms. The zero-order valence-corrected chi connectivity index (χ0v) is 13.2. The number of thioether (sulfide) groups is 1. The first kappa shape index (κ1) is 14.6. The van der Waals surface area contributed by atoms with Crippen LogP contribution in [0.5, 0.6) is 0 Å². The van der Waals surface area contributed by atoms with Gasteiger partial charge in [0.1, 0.15) is 5.69 Å². The third-order valence-electron chi connectivity index (χ3n) is 3.32. The second kappa shape index (κ2) is 6.25. The van der Waals surface area contributed by atoms with E-state index in [2.05, 4.69) is 25.1 Å². The van der Waals surface area contributed by atoms with E-state index in [1.54, 1.807) is 18.5 Å². The number of hydrogen-bond acceptors (Lipinski definition) is 7. The Balaban J connectivity index is 1.54. The van der Waals surface area contributed by atoms with E-state index in [0.717, 1.165) is 11.1 Å². The summed E-state index contributed by atoms with van der Waals surface area (Å²) in [6.07, 6.45) is 3.32. The molecule has 0 atom stereocenters. The quantitative estimate of drug-likeness (QED) is 0.572. The summed E-state index contributed by atoms with van der Waals surface area (Å²) in [5, 5.41) is 8.34. The van der Waals surface area contributed by atoms with Gasteiger partial charge in [-0.1, -0.05) is 23.9 Å². The fraction of sp³-hybridized carbons (Fsp3) is 0.0625. The summed E-state index contributed by atoms with van der Waals surface area (Å²) in [7, 11) is 0. The molecule has 0 fully saturated rings. The molecule has 1 N–H and O–H groups in total. The normalized spacial score (nSPS) is 11.0. The van der Waals surface area contributed by atoms with Gasteiger partial charge in [-0.2, -0.15) is 0 Å². The first-order valence-electron chi connectivity index (χ1n) is 7.14. The molecule has 0 spiro atoms. The second-order valence-corrected chi connectivity index (χ2v) is 5.86. The largest absolute Gasteiger partial charge is 0.411 e. The van der Waals surface area contributed by atoms with Gasteiger partial charge < -0.3 is 9.40 Å². The van der Waals surface area contributed by atoms with Crippen molar-refractivity contribution in [3.8, 4) is 11.5 Å². The van der Waals surface area contributed by atoms with Gasteiger partial charge in [0.05, 0.1) is 22.3 Å². The van der Waals surface area contributed by atoms with Gasteiger partial charge >= 0.3 is 0 Å². The van der Waals surface area contributed by atoms with Gasteiger partial charge in [-0.25, -0.2) is 4.98 Å². The Morgan fingerprint density at radius 3 is 2.92 bits per heavy atom. The number of aromatic amines is 1. The Morgan fingerprint density at radius 1 is 1.12 bits per heavy atom. The van der Waals surface area contributed by atoms with Crippen molar-refractivity contribution in [1.82, 2.24) is 25.1 Å². The summed E-state index contributed by atoms with van der Waals surface area (Å²) < 4.78 is 5.58. The maximum Gasteiger partial charge on any atom is 0.277 e. The number of H-pyrrole nitrogens is 1. The van der Waals surface area contributed by atoms with Crippen LogP contribution >= 0.6 is 11.8 Å². The summed E-state index contributed by atoms with van der Waals surface area (Å²) in [5.41, 5.74) is 2.41. The van der Waals surface area contributed by atoms with Crippen LogP contribution in [0.4, 0.5) is 0 Å². The van der Waals surface area contributed by atoms with E-state index >= 15 is 0 Å². The number of benzene rings is 1. The molecule has 0 aliphatic heterocycles. The van der Waals surface area contributed by atoms with Crippen LogP contribution < -0.4 is 5.56 Å². The van der Waals surface area contributed by atoms with Gasteiger partial charge in [0.25, 0.3) is 10.8 Å². The number of nitrogens with zero attached hydrogens (tertiary/aromatic N) is 4. The molecule has 0 aliphatic rings. The van der Waals surface area contributed by atoms with Crippen molar-refractivity contribution in [3.05, 3.63) is 64.8 Å². The number of nitrogens with one attached hydrogen (secondary N) is 1. The van der Waals surface area contributed by atoms with Crippen LogP contribution in [0, 0.1) is 0 Å². The molecule has 118 valence electrons. The van der Waals surface area contributed by atoms with E-state index < -0.39 is 0 Å². The maximum absolute atomic E-state index is 12.1. The Hall–Kier alpha value is -3.00. The van der Waals surface area contributed by atoms with E-state index in [9.17, 15) is 4.79 Å². The summed E-state index contributed by atoms with van der Waals surface area (Å²) >= 11 is 1.27. The Kier molecular flexibility index (Phi) is 3.80. The van der Waals surface area contributed by atoms with Crippen molar-refractivity contribution in [2.45, 2.75) is 11.0 Å². The minimum Gasteiger partial charge on any atom is -0.411 e. The van der Waals surface area contributed by atoms with Crippen LogP contribution in [0.3, 0.4) is 0 Å². The molecule has 8 heteroatoms. The average Bonchev–Trinajstić information content (AvgIpc) is 3.10. The Labute approximate surface area is 140 Å². The summed E-state index contributed by atoms with van der Waals surface area (Å²) in [6, 6.07) is 11.0. The van der Waals surface area contributed by atoms with E-state index in [-0.39, 0.29) is 5.56 Å². The number of pyridine rings is 1. The molecule has 4 rings (SSSR count). The molecule has 0 unspecified atom stereocenters. The highest BCUT2D eigenvalue weighted by Gasteiger charge is 2.11. The number of aromatic nitrogens is 5. The lowest BCUT2D eigenvalue weighted by molar-refractivity contribution is 0.465. The topological polar surface area (TPSA) is 97.6 Å². The van der Waals surface area contributed by atoms with Gasteiger partial charge in [0, 0.05) is 12.4 Å². The zero-order chi connectivity index (χ0) is 16.4. The first-order chi connectivity index (χ1) is 11.8. The predicted octanol–water partition coefficient (Wildman–Crippen LogP) is 2.66. The highest BCUT2D eigenvalue weighted by molar-refractivity contribution is 7.98. The highest BCUT2D eigenvalue weighted by atomic mass is 32.2. The third-order valence-corrected chi connectivity index (χ3v) is 4.15. The number of rotatable bonds is 4. The molecule has 0 saturated carbocycles. The smallest absolute Gasteiger partial charge is 0.277 e. The fourth-order valence-electron chi connectivity index (χ4n) is 2.17.